The van der Waals surface area contributed by atoms with Crippen molar-refractivity contribution in [1.82, 2.24) is 10.3 Å². The fourth-order valence-electron chi connectivity index (χ4n) is 3.21. The first-order valence-electron chi connectivity index (χ1n) is 9.75. The van der Waals surface area contributed by atoms with Gasteiger partial charge in [-0.1, -0.05) is 42.5 Å². The van der Waals surface area contributed by atoms with Crippen molar-refractivity contribution in [1.29, 1.82) is 0 Å². The van der Waals surface area contributed by atoms with E-state index in [1.807, 2.05) is 66.7 Å². The number of carbonyl (C=O) groups excluding carboxylic acids is 2. The predicted octanol–water partition coefficient (Wildman–Crippen LogP) is 4.08. The zero-order chi connectivity index (χ0) is 20.8. The zero-order valence-electron chi connectivity index (χ0n) is 16.4. The van der Waals surface area contributed by atoms with Gasteiger partial charge in [0.2, 0.25) is 5.91 Å². The standard InChI is InChI=1S/C23H22N4O2S/c28-21(25-16-18-5-2-1-3-6-18)15-17-8-10-19(11-9-17)26-23(29)27-13-14-30-22-20(27)7-4-12-24-22/h1-12H,13-16H2,(H,25,28)(H,26,29). The van der Waals surface area contributed by atoms with Crippen LogP contribution in [0.1, 0.15) is 11.1 Å². The van der Waals surface area contributed by atoms with Crippen molar-refractivity contribution in [2.24, 2.45) is 0 Å². The molecule has 2 heterocycles. The smallest absolute Gasteiger partial charge is 0.326 e. The molecule has 152 valence electrons. The maximum atomic E-state index is 12.7. The maximum Gasteiger partial charge on any atom is 0.326 e. The quantitative estimate of drug-likeness (QED) is 0.655. The molecule has 2 aromatic carbocycles. The minimum atomic E-state index is -0.182. The Morgan fingerprint density at radius 3 is 2.57 bits per heavy atom. The summed E-state index contributed by atoms with van der Waals surface area (Å²) in [6.07, 6.45) is 2.03. The molecule has 1 aromatic heterocycles. The molecule has 1 aliphatic heterocycles. The largest absolute Gasteiger partial charge is 0.352 e. The molecule has 3 aromatic rings. The van der Waals surface area contributed by atoms with Crippen molar-refractivity contribution in [3.8, 4) is 0 Å². The number of nitrogens with one attached hydrogen (secondary N) is 2. The number of hydrogen-bond acceptors (Lipinski definition) is 4. The third-order valence-electron chi connectivity index (χ3n) is 4.74. The minimum Gasteiger partial charge on any atom is -0.352 e. The molecule has 6 nitrogen and oxygen atoms in total. The second kappa shape index (κ2) is 9.45. The second-order valence-electron chi connectivity index (χ2n) is 6.89. The van der Waals surface area contributed by atoms with Gasteiger partial charge in [0.15, 0.2) is 0 Å². The molecule has 0 aliphatic carbocycles. The maximum absolute atomic E-state index is 12.7. The summed E-state index contributed by atoms with van der Waals surface area (Å²) < 4.78 is 0. The molecule has 7 heteroatoms. The van der Waals surface area contributed by atoms with Crippen molar-refractivity contribution >= 4 is 35.1 Å². The first-order valence-corrected chi connectivity index (χ1v) is 10.7. The summed E-state index contributed by atoms with van der Waals surface area (Å²) in [5.74, 6) is 0.777. The van der Waals surface area contributed by atoms with Crippen molar-refractivity contribution < 1.29 is 9.59 Å². The van der Waals surface area contributed by atoms with Crippen LogP contribution in [0.25, 0.3) is 0 Å². The van der Waals surface area contributed by atoms with E-state index in [0.29, 0.717) is 25.2 Å². The lowest BCUT2D eigenvalue weighted by atomic mass is 10.1. The Hall–Kier alpha value is -3.32. The van der Waals surface area contributed by atoms with Crippen LogP contribution in [0, 0.1) is 0 Å². The average molecular weight is 419 g/mol. The lowest BCUT2D eigenvalue weighted by Gasteiger charge is -2.28. The van der Waals surface area contributed by atoms with E-state index in [2.05, 4.69) is 15.6 Å². The second-order valence-corrected chi connectivity index (χ2v) is 7.98. The van der Waals surface area contributed by atoms with Gasteiger partial charge in [0.05, 0.1) is 12.1 Å². The number of urea groups is 1. The number of nitrogens with zero attached hydrogens (tertiary/aromatic N) is 2. The molecular weight excluding hydrogens is 396 g/mol. The van der Waals surface area contributed by atoms with E-state index in [9.17, 15) is 9.59 Å². The van der Waals surface area contributed by atoms with Gasteiger partial charge < -0.3 is 10.6 Å². The number of anilines is 2. The number of fused-ring (bicyclic) bond motifs is 1. The molecule has 0 fully saturated rings. The Bertz CT molecular complexity index is 1020. The first-order chi connectivity index (χ1) is 14.7. The molecular formula is C23H22N4O2S. The molecule has 4 rings (SSSR count). The van der Waals surface area contributed by atoms with Gasteiger partial charge in [0.1, 0.15) is 5.03 Å². The molecule has 3 amide bonds. The van der Waals surface area contributed by atoms with Crippen LogP contribution in [0.4, 0.5) is 16.2 Å². The van der Waals surface area contributed by atoms with Crippen molar-refractivity contribution in [3.63, 3.8) is 0 Å². The fraction of sp³-hybridized carbons (Fsp3) is 0.174. The van der Waals surface area contributed by atoms with Gasteiger partial charge in [-0.3, -0.25) is 9.69 Å². The highest BCUT2D eigenvalue weighted by Crippen LogP contribution is 2.32. The van der Waals surface area contributed by atoms with Gasteiger partial charge in [0.25, 0.3) is 0 Å². The molecule has 0 spiro atoms. The van der Waals surface area contributed by atoms with E-state index in [1.54, 1.807) is 22.9 Å². The molecule has 0 saturated carbocycles. The van der Waals surface area contributed by atoms with E-state index >= 15 is 0 Å². The Labute approximate surface area is 179 Å². The monoisotopic (exact) mass is 418 g/mol. The highest BCUT2D eigenvalue weighted by molar-refractivity contribution is 7.99. The summed E-state index contributed by atoms with van der Waals surface area (Å²) in [6, 6.07) is 20.7. The van der Waals surface area contributed by atoms with Crippen LogP contribution in [0.15, 0.2) is 78.0 Å². The topological polar surface area (TPSA) is 74.3 Å². The summed E-state index contributed by atoms with van der Waals surface area (Å²) in [5.41, 5.74) is 3.48. The number of hydrogen-bond donors (Lipinski definition) is 2. The number of carbonyl (C=O) groups is 2. The van der Waals surface area contributed by atoms with Crippen LogP contribution in [0.3, 0.4) is 0 Å². The number of aromatic nitrogens is 1. The number of benzene rings is 2. The average Bonchev–Trinajstić information content (AvgIpc) is 2.79. The van der Waals surface area contributed by atoms with E-state index in [1.165, 1.54) is 0 Å². The van der Waals surface area contributed by atoms with Crippen LogP contribution in [0.5, 0.6) is 0 Å². The third kappa shape index (κ3) is 4.99. The van der Waals surface area contributed by atoms with Crippen LogP contribution in [-0.2, 0) is 17.8 Å². The Morgan fingerprint density at radius 1 is 0.967 bits per heavy atom. The van der Waals surface area contributed by atoms with Gasteiger partial charge in [-0.15, -0.1) is 11.8 Å². The van der Waals surface area contributed by atoms with E-state index in [0.717, 1.165) is 27.6 Å². The van der Waals surface area contributed by atoms with Crippen molar-refractivity contribution in [2.45, 2.75) is 18.0 Å². The Morgan fingerprint density at radius 2 is 1.77 bits per heavy atom. The lowest BCUT2D eigenvalue weighted by Crippen LogP contribution is -2.38. The zero-order valence-corrected chi connectivity index (χ0v) is 17.2. The van der Waals surface area contributed by atoms with E-state index in [4.69, 9.17) is 0 Å². The number of amides is 3. The fourth-order valence-corrected chi connectivity index (χ4v) is 4.13. The highest BCUT2D eigenvalue weighted by Gasteiger charge is 2.23. The van der Waals surface area contributed by atoms with E-state index in [-0.39, 0.29) is 11.9 Å². The van der Waals surface area contributed by atoms with Crippen molar-refractivity contribution in [2.75, 3.05) is 22.5 Å². The van der Waals surface area contributed by atoms with Gasteiger partial charge >= 0.3 is 6.03 Å². The molecule has 30 heavy (non-hydrogen) atoms. The lowest BCUT2D eigenvalue weighted by molar-refractivity contribution is -0.120. The predicted molar refractivity (Wildman–Crippen MR) is 120 cm³/mol. The molecule has 0 atom stereocenters. The molecule has 0 unspecified atom stereocenters. The van der Waals surface area contributed by atoms with Gasteiger partial charge in [-0.25, -0.2) is 9.78 Å². The van der Waals surface area contributed by atoms with Crippen LogP contribution in [0.2, 0.25) is 0 Å². The minimum absolute atomic E-state index is 0.0365. The molecule has 2 N–H and O–H groups in total. The van der Waals surface area contributed by atoms with Gasteiger partial charge in [-0.2, -0.15) is 0 Å². The summed E-state index contributed by atoms with van der Waals surface area (Å²) in [6.45, 7) is 1.15. The Kier molecular flexibility index (Phi) is 6.29. The first kappa shape index (κ1) is 20.0. The Balaban J connectivity index is 1.32. The van der Waals surface area contributed by atoms with Crippen LogP contribution in [-0.4, -0.2) is 29.2 Å². The van der Waals surface area contributed by atoms with Gasteiger partial charge in [0, 0.05) is 30.7 Å². The SMILES string of the molecule is O=C(Cc1ccc(NC(=O)N2CCSc3ncccc32)cc1)NCc1ccccc1. The normalized spacial score (nSPS) is 12.7. The summed E-state index contributed by atoms with van der Waals surface area (Å²) in [7, 11) is 0. The number of thioether (sulfide) groups is 1. The molecule has 0 bridgehead atoms. The third-order valence-corrected chi connectivity index (χ3v) is 5.72. The summed E-state index contributed by atoms with van der Waals surface area (Å²) in [4.78, 5) is 31.0. The van der Waals surface area contributed by atoms with Crippen molar-refractivity contribution in [3.05, 3.63) is 84.1 Å². The molecule has 0 radical (unpaired) electrons. The number of rotatable bonds is 5. The number of pyridine rings is 1. The molecule has 0 saturated heterocycles. The summed E-state index contributed by atoms with van der Waals surface area (Å²) in [5, 5.41) is 6.72. The van der Waals surface area contributed by atoms with Crippen LogP contribution >= 0.6 is 11.8 Å². The summed E-state index contributed by atoms with van der Waals surface area (Å²) >= 11 is 1.66. The molecule has 1 aliphatic rings. The van der Waals surface area contributed by atoms with Crippen LogP contribution < -0.4 is 15.5 Å². The van der Waals surface area contributed by atoms with E-state index < -0.39 is 0 Å². The van der Waals surface area contributed by atoms with Gasteiger partial charge in [-0.05, 0) is 35.4 Å². The highest BCUT2D eigenvalue weighted by atomic mass is 32.2.